The molecule has 2 saturated heterocycles. The maximum absolute atomic E-state index is 5.76. The molecule has 0 aliphatic carbocycles. The summed E-state index contributed by atoms with van der Waals surface area (Å²) in [6, 6.07) is 13.4. The highest BCUT2D eigenvalue weighted by Gasteiger charge is 2.26. The summed E-state index contributed by atoms with van der Waals surface area (Å²) in [7, 11) is 1.84. The number of hydrogen-bond donors (Lipinski definition) is 2. The SMILES string of the molecule is CN=C(NCC(c1ccc(C)cc1)N1CCOCC1)NCC(c1ccco1)N1CCCC1.I. The minimum absolute atomic E-state index is 0. The van der Waals surface area contributed by atoms with Crippen molar-refractivity contribution in [1.29, 1.82) is 0 Å². The van der Waals surface area contributed by atoms with Crippen LogP contribution in [-0.4, -0.2) is 75.3 Å². The number of hydrogen-bond acceptors (Lipinski definition) is 5. The van der Waals surface area contributed by atoms with Crippen molar-refractivity contribution in [3.8, 4) is 0 Å². The average molecular weight is 568 g/mol. The average Bonchev–Trinajstić information content (AvgIpc) is 3.55. The third-order valence-electron chi connectivity index (χ3n) is 6.55. The van der Waals surface area contributed by atoms with E-state index in [9.17, 15) is 0 Å². The number of benzene rings is 1. The van der Waals surface area contributed by atoms with Crippen LogP contribution in [0.1, 0.15) is 41.8 Å². The van der Waals surface area contributed by atoms with E-state index in [2.05, 4.69) is 62.7 Å². The van der Waals surface area contributed by atoms with Gasteiger partial charge in [0.05, 0.1) is 31.6 Å². The Morgan fingerprint density at radius 1 is 0.939 bits per heavy atom. The van der Waals surface area contributed by atoms with Gasteiger partial charge < -0.3 is 19.8 Å². The summed E-state index contributed by atoms with van der Waals surface area (Å²) in [5.74, 6) is 1.84. The van der Waals surface area contributed by atoms with E-state index in [1.807, 2.05) is 13.1 Å². The smallest absolute Gasteiger partial charge is 0.191 e. The molecule has 2 N–H and O–H groups in total. The highest BCUT2D eigenvalue weighted by Crippen LogP contribution is 2.25. The Morgan fingerprint density at radius 3 is 2.18 bits per heavy atom. The van der Waals surface area contributed by atoms with E-state index in [1.165, 1.54) is 24.0 Å². The number of halogens is 1. The summed E-state index contributed by atoms with van der Waals surface area (Å²) >= 11 is 0. The lowest BCUT2D eigenvalue weighted by Crippen LogP contribution is -2.47. The predicted molar refractivity (Wildman–Crippen MR) is 143 cm³/mol. The molecule has 1 aromatic heterocycles. The molecule has 1 aromatic carbocycles. The van der Waals surface area contributed by atoms with Crippen LogP contribution >= 0.6 is 24.0 Å². The standard InChI is InChI=1S/C25H37N5O2.HI/c1-20-7-9-21(10-8-20)22(30-13-16-31-17-14-30)18-27-25(26-2)28-19-23(24-6-5-15-32-24)29-11-3-4-12-29;/h5-10,15,22-23H,3-4,11-14,16-19H2,1-2H3,(H2,26,27,28);1H. The number of furan rings is 1. The summed E-state index contributed by atoms with van der Waals surface area (Å²) in [4.78, 5) is 9.50. The van der Waals surface area contributed by atoms with Crippen LogP contribution in [0, 0.1) is 6.92 Å². The quantitative estimate of drug-likeness (QED) is 0.289. The second-order valence-electron chi connectivity index (χ2n) is 8.68. The molecular formula is C25H38IN5O2. The summed E-state index contributed by atoms with van der Waals surface area (Å²) in [6.07, 6.45) is 4.27. The van der Waals surface area contributed by atoms with Crippen molar-refractivity contribution in [3.05, 3.63) is 59.5 Å². The maximum Gasteiger partial charge on any atom is 0.191 e. The van der Waals surface area contributed by atoms with E-state index in [4.69, 9.17) is 9.15 Å². The van der Waals surface area contributed by atoms with Gasteiger partial charge in [-0.3, -0.25) is 14.8 Å². The summed E-state index contributed by atoms with van der Waals surface area (Å²) in [5.41, 5.74) is 2.61. The predicted octanol–water partition coefficient (Wildman–Crippen LogP) is 3.58. The maximum atomic E-state index is 5.76. The molecular weight excluding hydrogens is 529 g/mol. The van der Waals surface area contributed by atoms with Crippen molar-refractivity contribution in [2.24, 2.45) is 4.99 Å². The lowest BCUT2D eigenvalue weighted by atomic mass is 10.0. The molecule has 8 heteroatoms. The number of nitrogens with one attached hydrogen (secondary N) is 2. The lowest BCUT2D eigenvalue weighted by Gasteiger charge is -2.35. The molecule has 2 aromatic rings. The second-order valence-corrected chi connectivity index (χ2v) is 8.68. The van der Waals surface area contributed by atoms with Gasteiger partial charge in [-0.25, -0.2) is 0 Å². The van der Waals surface area contributed by atoms with Gasteiger partial charge >= 0.3 is 0 Å². The van der Waals surface area contributed by atoms with Crippen molar-refractivity contribution in [3.63, 3.8) is 0 Å². The molecule has 2 aliphatic heterocycles. The monoisotopic (exact) mass is 567 g/mol. The number of guanidine groups is 1. The van der Waals surface area contributed by atoms with E-state index in [0.29, 0.717) is 0 Å². The number of rotatable bonds is 8. The molecule has 7 nitrogen and oxygen atoms in total. The normalized spacial score (nSPS) is 19.6. The fraction of sp³-hybridized carbons (Fsp3) is 0.560. The Labute approximate surface area is 215 Å². The van der Waals surface area contributed by atoms with Gasteiger partial charge in [-0.05, 0) is 50.6 Å². The minimum atomic E-state index is 0. The molecule has 0 saturated carbocycles. The molecule has 2 unspecified atom stereocenters. The number of aryl methyl sites for hydroxylation is 1. The van der Waals surface area contributed by atoms with E-state index in [-0.39, 0.29) is 36.1 Å². The molecule has 2 aliphatic rings. The van der Waals surface area contributed by atoms with Gasteiger partial charge in [0.15, 0.2) is 5.96 Å². The first-order chi connectivity index (χ1) is 15.7. The van der Waals surface area contributed by atoms with E-state index >= 15 is 0 Å². The van der Waals surface area contributed by atoms with Gasteiger partial charge in [-0.15, -0.1) is 24.0 Å². The zero-order valence-electron chi connectivity index (χ0n) is 19.8. The van der Waals surface area contributed by atoms with E-state index in [0.717, 1.165) is 64.2 Å². The molecule has 33 heavy (non-hydrogen) atoms. The molecule has 182 valence electrons. The van der Waals surface area contributed by atoms with Crippen LogP contribution < -0.4 is 10.6 Å². The van der Waals surface area contributed by atoms with Gasteiger partial charge in [0.25, 0.3) is 0 Å². The molecule has 0 bridgehead atoms. The number of ether oxygens (including phenoxy) is 1. The van der Waals surface area contributed by atoms with Crippen LogP contribution in [0.4, 0.5) is 0 Å². The van der Waals surface area contributed by atoms with E-state index < -0.39 is 0 Å². The van der Waals surface area contributed by atoms with Gasteiger partial charge in [-0.2, -0.15) is 0 Å². The van der Waals surface area contributed by atoms with Crippen LogP contribution in [0.3, 0.4) is 0 Å². The van der Waals surface area contributed by atoms with Crippen LogP contribution in [0.2, 0.25) is 0 Å². The van der Waals surface area contributed by atoms with Gasteiger partial charge in [-0.1, -0.05) is 29.8 Å². The topological polar surface area (TPSA) is 65.3 Å². The van der Waals surface area contributed by atoms with Crippen molar-refractivity contribution in [2.75, 3.05) is 59.5 Å². The summed E-state index contributed by atoms with van der Waals surface area (Å²) < 4.78 is 11.3. The van der Waals surface area contributed by atoms with Crippen molar-refractivity contribution in [1.82, 2.24) is 20.4 Å². The van der Waals surface area contributed by atoms with E-state index in [1.54, 1.807) is 6.26 Å². The first-order valence-electron chi connectivity index (χ1n) is 11.8. The van der Waals surface area contributed by atoms with Crippen molar-refractivity contribution < 1.29 is 9.15 Å². The highest BCUT2D eigenvalue weighted by atomic mass is 127. The summed E-state index contributed by atoms with van der Waals surface area (Å²) in [6.45, 7) is 9.39. The Morgan fingerprint density at radius 2 is 1.58 bits per heavy atom. The number of nitrogens with zero attached hydrogens (tertiary/aromatic N) is 3. The number of aliphatic imine (C=N–C) groups is 1. The third-order valence-corrected chi connectivity index (χ3v) is 6.55. The second kappa shape index (κ2) is 13.3. The molecule has 3 heterocycles. The Balaban J connectivity index is 0.00000306. The zero-order valence-corrected chi connectivity index (χ0v) is 22.2. The fourth-order valence-electron chi connectivity index (χ4n) is 4.69. The van der Waals surface area contributed by atoms with Crippen molar-refractivity contribution in [2.45, 2.75) is 31.8 Å². The third kappa shape index (κ3) is 7.18. The fourth-order valence-corrected chi connectivity index (χ4v) is 4.69. The first-order valence-corrected chi connectivity index (χ1v) is 11.8. The van der Waals surface area contributed by atoms with Crippen molar-refractivity contribution >= 4 is 29.9 Å². The van der Waals surface area contributed by atoms with Gasteiger partial charge in [0, 0.05) is 33.2 Å². The number of likely N-dealkylation sites (tertiary alicyclic amines) is 1. The molecule has 2 fully saturated rings. The number of morpholine rings is 1. The van der Waals surface area contributed by atoms with Crippen LogP contribution in [0.5, 0.6) is 0 Å². The van der Waals surface area contributed by atoms with Crippen LogP contribution in [0.25, 0.3) is 0 Å². The molecule has 4 rings (SSSR count). The van der Waals surface area contributed by atoms with Crippen LogP contribution in [0.15, 0.2) is 52.1 Å². The van der Waals surface area contributed by atoms with Gasteiger partial charge in [0.1, 0.15) is 5.76 Å². The highest BCUT2D eigenvalue weighted by molar-refractivity contribution is 14.0. The zero-order chi connectivity index (χ0) is 22.2. The minimum Gasteiger partial charge on any atom is -0.468 e. The largest absolute Gasteiger partial charge is 0.468 e. The Kier molecular flexibility index (Phi) is 10.5. The molecule has 2 atom stereocenters. The molecule has 0 spiro atoms. The molecule has 0 amide bonds. The molecule has 0 radical (unpaired) electrons. The Hall–Kier alpha value is -1.62. The first kappa shape index (κ1) is 26.0. The Bertz CT molecular complexity index is 831. The lowest BCUT2D eigenvalue weighted by molar-refractivity contribution is 0.0170. The van der Waals surface area contributed by atoms with Gasteiger partial charge in [0.2, 0.25) is 0 Å². The van der Waals surface area contributed by atoms with Crippen LogP contribution in [-0.2, 0) is 4.74 Å². The summed E-state index contributed by atoms with van der Waals surface area (Å²) in [5, 5.41) is 7.13.